The number of sulfone groups is 1. The lowest BCUT2D eigenvalue weighted by Crippen LogP contribution is -2.53. The second kappa shape index (κ2) is 9.05. The third-order valence-corrected chi connectivity index (χ3v) is 7.77. The van der Waals surface area contributed by atoms with Gasteiger partial charge in [0.15, 0.2) is 9.84 Å². The van der Waals surface area contributed by atoms with Gasteiger partial charge in [-0.15, -0.1) is 0 Å². The van der Waals surface area contributed by atoms with Crippen LogP contribution in [-0.2, 0) is 29.4 Å². The van der Waals surface area contributed by atoms with Crippen LogP contribution in [0.5, 0.6) is 5.75 Å². The summed E-state index contributed by atoms with van der Waals surface area (Å²) in [6.07, 6.45) is 0. The molecule has 0 aliphatic carbocycles. The predicted octanol–water partition coefficient (Wildman–Crippen LogP) is 0.584. The van der Waals surface area contributed by atoms with Crippen LogP contribution < -0.4 is 20.1 Å². The number of hydrogen-bond acceptors (Lipinski definition) is 7. The van der Waals surface area contributed by atoms with Gasteiger partial charge in [-0.05, 0) is 18.2 Å². The first-order valence-corrected chi connectivity index (χ1v) is 12.6. The van der Waals surface area contributed by atoms with Crippen molar-refractivity contribution in [1.29, 1.82) is 0 Å². The first-order chi connectivity index (χ1) is 13.6. The van der Waals surface area contributed by atoms with Crippen LogP contribution in [0.1, 0.15) is 6.92 Å². The minimum atomic E-state index is -4.34. The van der Waals surface area contributed by atoms with Crippen molar-refractivity contribution in [3.63, 3.8) is 0 Å². The van der Waals surface area contributed by atoms with E-state index in [0.29, 0.717) is 0 Å². The van der Waals surface area contributed by atoms with Crippen LogP contribution in [0.3, 0.4) is 0 Å². The molecule has 1 aromatic carbocycles. The van der Waals surface area contributed by atoms with Crippen molar-refractivity contribution in [2.75, 3.05) is 23.9 Å². The zero-order valence-corrected chi connectivity index (χ0v) is 19.5. The Kier molecular flexibility index (Phi) is 7.53. The molecule has 10 nitrogen and oxygen atoms in total. The SMILES string of the molecule is COc1ccc(NC(C)=O)cc1S(=O)(=O)N[C@H]1CS(=O)(=O)C[C@@H]1NC(=O)C(Cl)(Cl)Cl. The van der Waals surface area contributed by atoms with Gasteiger partial charge in [-0.25, -0.2) is 21.6 Å². The predicted molar refractivity (Wildman–Crippen MR) is 112 cm³/mol. The summed E-state index contributed by atoms with van der Waals surface area (Å²) in [5, 5.41) is 4.68. The van der Waals surface area contributed by atoms with Crippen molar-refractivity contribution >= 4 is 72.2 Å². The maximum atomic E-state index is 13.0. The van der Waals surface area contributed by atoms with Crippen molar-refractivity contribution in [3.05, 3.63) is 18.2 Å². The third-order valence-electron chi connectivity index (χ3n) is 4.01. The Morgan fingerprint density at radius 3 is 2.30 bits per heavy atom. The molecular weight excluding hydrogens is 505 g/mol. The summed E-state index contributed by atoms with van der Waals surface area (Å²) in [5.41, 5.74) is 0.184. The third kappa shape index (κ3) is 6.34. The highest BCUT2D eigenvalue weighted by atomic mass is 35.6. The molecule has 1 aromatic rings. The first kappa shape index (κ1) is 25.0. The average molecular weight is 523 g/mol. The summed E-state index contributed by atoms with van der Waals surface area (Å²) in [4.78, 5) is 22.8. The van der Waals surface area contributed by atoms with Crippen molar-refractivity contribution < 1.29 is 31.2 Å². The van der Waals surface area contributed by atoms with Gasteiger partial charge in [0.05, 0.1) is 30.7 Å². The highest BCUT2D eigenvalue weighted by Gasteiger charge is 2.43. The molecule has 2 amide bonds. The molecule has 15 heteroatoms. The highest BCUT2D eigenvalue weighted by molar-refractivity contribution is 7.92. The molecule has 1 fully saturated rings. The van der Waals surface area contributed by atoms with Gasteiger partial charge in [0.25, 0.3) is 9.70 Å². The summed E-state index contributed by atoms with van der Waals surface area (Å²) < 4.78 is 55.0. The number of alkyl halides is 3. The maximum absolute atomic E-state index is 13.0. The van der Waals surface area contributed by atoms with E-state index in [1.54, 1.807) is 0 Å². The van der Waals surface area contributed by atoms with E-state index in [4.69, 9.17) is 39.5 Å². The Hall–Kier alpha value is -1.31. The van der Waals surface area contributed by atoms with E-state index < -0.39 is 59.1 Å². The van der Waals surface area contributed by atoms with Gasteiger partial charge < -0.3 is 15.4 Å². The van der Waals surface area contributed by atoms with Crippen LogP contribution in [0.2, 0.25) is 0 Å². The molecule has 2 rings (SSSR count). The number of benzene rings is 1. The molecule has 3 N–H and O–H groups in total. The molecule has 30 heavy (non-hydrogen) atoms. The Bertz CT molecular complexity index is 1060. The van der Waals surface area contributed by atoms with Crippen LogP contribution in [-0.4, -0.2) is 63.1 Å². The standard InChI is InChI=1S/C15H18Cl3N3O7S2/c1-8(22)19-9-3-4-12(28-2)13(5-9)30(26,27)21-11-7-29(24,25)6-10(11)20-14(23)15(16,17)18/h3-5,10-11,21H,6-7H2,1-2H3,(H,19,22)(H,20,23)/t10-,11-/m0/s1. The van der Waals surface area contributed by atoms with E-state index in [1.165, 1.54) is 26.2 Å². The van der Waals surface area contributed by atoms with Gasteiger partial charge >= 0.3 is 0 Å². The molecule has 0 bridgehead atoms. The number of anilines is 1. The molecule has 168 valence electrons. The minimum absolute atomic E-state index is 0.0423. The highest BCUT2D eigenvalue weighted by Crippen LogP contribution is 2.29. The fraction of sp³-hybridized carbons (Fsp3) is 0.467. The molecule has 0 unspecified atom stereocenters. The van der Waals surface area contributed by atoms with Gasteiger partial charge in [-0.3, -0.25) is 9.59 Å². The zero-order valence-electron chi connectivity index (χ0n) is 15.6. The lowest BCUT2D eigenvalue weighted by atomic mass is 10.2. The van der Waals surface area contributed by atoms with Crippen molar-refractivity contribution in [2.24, 2.45) is 0 Å². The van der Waals surface area contributed by atoms with E-state index in [2.05, 4.69) is 15.4 Å². The Morgan fingerprint density at radius 2 is 1.77 bits per heavy atom. The largest absolute Gasteiger partial charge is 0.495 e. The number of hydrogen-bond donors (Lipinski definition) is 3. The van der Waals surface area contributed by atoms with Crippen molar-refractivity contribution in [2.45, 2.75) is 27.7 Å². The maximum Gasteiger partial charge on any atom is 0.272 e. The number of amides is 2. The van der Waals surface area contributed by atoms with Gasteiger partial charge in [-0.2, -0.15) is 0 Å². The van der Waals surface area contributed by atoms with Crippen LogP contribution >= 0.6 is 34.8 Å². The van der Waals surface area contributed by atoms with Gasteiger partial charge in [0.1, 0.15) is 10.6 Å². The summed E-state index contributed by atoms with van der Waals surface area (Å²) in [6, 6.07) is 1.51. The Morgan fingerprint density at radius 1 is 1.17 bits per heavy atom. The number of sulfonamides is 1. The van der Waals surface area contributed by atoms with E-state index in [0.717, 1.165) is 6.07 Å². The van der Waals surface area contributed by atoms with Crippen molar-refractivity contribution in [3.8, 4) is 5.75 Å². The summed E-state index contributed by atoms with van der Waals surface area (Å²) >= 11 is 16.5. The van der Waals surface area contributed by atoms with Crippen LogP contribution in [0.25, 0.3) is 0 Å². The average Bonchev–Trinajstić information content (AvgIpc) is 2.86. The number of nitrogens with one attached hydrogen (secondary N) is 3. The zero-order chi connectivity index (χ0) is 22.9. The number of carbonyl (C=O) groups is 2. The monoisotopic (exact) mass is 521 g/mol. The topological polar surface area (TPSA) is 148 Å². The van der Waals surface area contributed by atoms with Gasteiger partial charge in [0.2, 0.25) is 15.9 Å². The number of ether oxygens (including phenoxy) is 1. The minimum Gasteiger partial charge on any atom is -0.495 e. The van der Waals surface area contributed by atoms with Gasteiger partial charge in [-0.1, -0.05) is 34.8 Å². The molecule has 0 saturated carbocycles. The smallest absolute Gasteiger partial charge is 0.272 e. The molecule has 1 heterocycles. The lowest BCUT2D eigenvalue weighted by Gasteiger charge is -2.23. The molecule has 0 aromatic heterocycles. The Balaban J connectivity index is 2.36. The van der Waals surface area contributed by atoms with E-state index in [9.17, 15) is 26.4 Å². The molecule has 0 radical (unpaired) electrons. The molecule has 0 spiro atoms. The fourth-order valence-corrected chi connectivity index (χ4v) is 6.39. The number of carbonyl (C=O) groups excluding carboxylic acids is 2. The molecule has 1 aliphatic rings. The summed E-state index contributed by atoms with van der Waals surface area (Å²) in [6.45, 7) is 1.25. The Labute approximate surface area is 188 Å². The number of methoxy groups -OCH3 is 1. The van der Waals surface area contributed by atoms with E-state index in [1.807, 2.05) is 0 Å². The van der Waals surface area contributed by atoms with E-state index in [-0.39, 0.29) is 16.3 Å². The second-order valence-corrected chi connectivity index (χ2v) is 12.5. The fourth-order valence-electron chi connectivity index (χ4n) is 2.79. The summed E-state index contributed by atoms with van der Waals surface area (Å²) in [5.74, 6) is -2.68. The lowest BCUT2D eigenvalue weighted by molar-refractivity contribution is -0.121. The van der Waals surface area contributed by atoms with E-state index >= 15 is 0 Å². The van der Waals surface area contributed by atoms with Crippen LogP contribution in [0.4, 0.5) is 5.69 Å². The number of rotatable bonds is 6. The number of halogens is 3. The van der Waals surface area contributed by atoms with Crippen LogP contribution in [0.15, 0.2) is 23.1 Å². The van der Waals surface area contributed by atoms with Crippen molar-refractivity contribution in [1.82, 2.24) is 10.0 Å². The normalized spacial score (nSPS) is 21.1. The van der Waals surface area contributed by atoms with Gasteiger partial charge in [0, 0.05) is 12.6 Å². The van der Waals surface area contributed by atoms with Crippen LogP contribution in [0, 0.1) is 0 Å². The first-order valence-electron chi connectivity index (χ1n) is 8.21. The summed E-state index contributed by atoms with van der Waals surface area (Å²) in [7, 11) is -6.78. The molecule has 1 saturated heterocycles. The molecular formula is C15H18Cl3N3O7S2. The quantitative estimate of drug-likeness (QED) is 0.463. The molecule has 2 atom stereocenters. The molecule has 1 aliphatic heterocycles. The second-order valence-electron chi connectivity index (χ2n) is 6.43.